The molecule has 0 fully saturated rings. The third-order valence-electron chi connectivity index (χ3n) is 3.11. The fourth-order valence-electron chi connectivity index (χ4n) is 1.51. The minimum Gasteiger partial charge on any atom is -0.460 e. The summed E-state index contributed by atoms with van der Waals surface area (Å²) in [7, 11) is 0. The van der Waals surface area contributed by atoms with Crippen LogP contribution in [0.2, 0.25) is 0 Å². The van der Waals surface area contributed by atoms with E-state index < -0.39 is 11.9 Å². The zero-order valence-electron chi connectivity index (χ0n) is 16.3. The van der Waals surface area contributed by atoms with Crippen molar-refractivity contribution in [2.24, 2.45) is 5.41 Å². The lowest BCUT2D eigenvalue weighted by atomic mass is 9.96. The molecule has 2 unspecified atom stereocenters. The lowest BCUT2D eigenvalue weighted by Gasteiger charge is -2.27. The second-order valence-electron chi connectivity index (χ2n) is 7.17. The highest BCUT2D eigenvalue weighted by molar-refractivity contribution is 5.87. The van der Waals surface area contributed by atoms with Gasteiger partial charge in [-0.1, -0.05) is 27.0 Å². The van der Waals surface area contributed by atoms with Gasteiger partial charge in [-0.3, -0.25) is 0 Å². The number of esters is 2. The van der Waals surface area contributed by atoms with Crippen LogP contribution in [-0.4, -0.2) is 50.6 Å². The highest BCUT2D eigenvalue weighted by Gasteiger charge is 2.22. The molecule has 2 atom stereocenters. The first-order chi connectivity index (χ1) is 11.4. The Kier molecular flexibility index (Phi) is 10.3. The lowest BCUT2D eigenvalue weighted by Crippen LogP contribution is -2.32. The molecule has 0 aromatic rings. The van der Waals surface area contributed by atoms with Gasteiger partial charge in [0.1, 0.15) is 13.2 Å². The minimum atomic E-state index is -0.420. The second-order valence-corrected chi connectivity index (χ2v) is 7.17. The van der Waals surface area contributed by atoms with Crippen LogP contribution in [0.3, 0.4) is 0 Å². The molecule has 0 bridgehead atoms. The van der Waals surface area contributed by atoms with Crippen LogP contribution in [0, 0.1) is 5.41 Å². The zero-order valence-corrected chi connectivity index (χ0v) is 16.3. The van der Waals surface area contributed by atoms with Gasteiger partial charge < -0.3 is 18.9 Å². The summed E-state index contributed by atoms with van der Waals surface area (Å²) in [5.74, 6) is -0.840. The van der Waals surface area contributed by atoms with E-state index in [1.807, 2.05) is 27.7 Å². The minimum absolute atomic E-state index is 0.176. The number of ether oxygens (including phenoxy) is 4. The van der Waals surface area contributed by atoms with Gasteiger partial charge in [-0.2, -0.15) is 0 Å². The Bertz CT molecular complexity index is 438. The van der Waals surface area contributed by atoms with E-state index in [9.17, 15) is 9.59 Å². The largest absolute Gasteiger partial charge is 0.460 e. The summed E-state index contributed by atoms with van der Waals surface area (Å²) >= 11 is 0. The van der Waals surface area contributed by atoms with Gasteiger partial charge in [0.05, 0.1) is 25.4 Å². The average molecular weight is 356 g/mol. The van der Waals surface area contributed by atoms with Crippen molar-refractivity contribution in [1.82, 2.24) is 0 Å². The molecule has 0 aromatic heterocycles. The topological polar surface area (TPSA) is 71.1 Å². The maximum atomic E-state index is 11.3. The van der Waals surface area contributed by atoms with E-state index in [4.69, 9.17) is 18.9 Å². The molecule has 6 nitrogen and oxygen atoms in total. The molecule has 0 amide bonds. The van der Waals surface area contributed by atoms with E-state index in [-0.39, 0.29) is 30.8 Å². The Hall–Kier alpha value is -1.66. The van der Waals surface area contributed by atoms with Crippen molar-refractivity contribution >= 4 is 11.9 Å². The molecule has 0 radical (unpaired) electrons. The van der Waals surface area contributed by atoms with Gasteiger partial charge in [0, 0.05) is 16.6 Å². The van der Waals surface area contributed by atoms with E-state index in [2.05, 4.69) is 13.2 Å². The number of hydrogen-bond acceptors (Lipinski definition) is 6. The Morgan fingerprint density at radius 2 is 1.16 bits per heavy atom. The van der Waals surface area contributed by atoms with E-state index in [1.54, 1.807) is 13.8 Å². The van der Waals surface area contributed by atoms with E-state index in [0.717, 1.165) is 0 Å². The smallest absolute Gasteiger partial charge is 0.333 e. The highest BCUT2D eigenvalue weighted by atomic mass is 16.6. The van der Waals surface area contributed by atoms with E-state index in [1.165, 1.54) is 0 Å². The molecule has 6 heteroatoms. The molecule has 0 aliphatic carbocycles. The van der Waals surface area contributed by atoms with Crippen molar-refractivity contribution in [3.05, 3.63) is 24.3 Å². The highest BCUT2D eigenvalue weighted by Crippen LogP contribution is 2.18. The van der Waals surface area contributed by atoms with Crippen LogP contribution in [0.4, 0.5) is 0 Å². The molecule has 0 N–H and O–H groups in total. The maximum Gasteiger partial charge on any atom is 0.333 e. The number of hydrogen-bond donors (Lipinski definition) is 0. The van der Waals surface area contributed by atoms with Gasteiger partial charge in [0.2, 0.25) is 0 Å². The predicted octanol–water partition coefficient (Wildman–Crippen LogP) is 3.06. The van der Waals surface area contributed by atoms with Gasteiger partial charge >= 0.3 is 11.9 Å². The monoisotopic (exact) mass is 356 g/mol. The summed E-state index contributed by atoms with van der Waals surface area (Å²) in [6.07, 6.45) is -0.451. The predicted molar refractivity (Wildman–Crippen MR) is 96.2 cm³/mol. The fourth-order valence-corrected chi connectivity index (χ4v) is 1.51. The Labute approximate surface area is 151 Å². The Morgan fingerprint density at radius 3 is 1.44 bits per heavy atom. The summed E-state index contributed by atoms with van der Waals surface area (Å²) < 4.78 is 21.5. The molecule has 0 aliphatic heterocycles. The third-order valence-corrected chi connectivity index (χ3v) is 3.11. The molecule has 25 heavy (non-hydrogen) atoms. The average Bonchev–Trinajstić information content (AvgIpc) is 2.53. The molecule has 0 rings (SSSR count). The summed E-state index contributed by atoms with van der Waals surface area (Å²) in [6.45, 7) is 19.2. The van der Waals surface area contributed by atoms with Crippen molar-refractivity contribution in [1.29, 1.82) is 0 Å². The van der Waals surface area contributed by atoms with Crippen LogP contribution >= 0.6 is 0 Å². The number of carbonyl (C=O) groups is 2. The Morgan fingerprint density at radius 1 is 0.840 bits per heavy atom. The molecule has 0 spiro atoms. The first-order valence-electron chi connectivity index (χ1n) is 8.33. The van der Waals surface area contributed by atoms with Crippen molar-refractivity contribution in [2.75, 3.05) is 26.4 Å². The van der Waals surface area contributed by atoms with Crippen molar-refractivity contribution in [3.8, 4) is 0 Å². The summed E-state index contributed by atoms with van der Waals surface area (Å²) in [4.78, 5) is 22.7. The zero-order chi connectivity index (χ0) is 19.6. The van der Waals surface area contributed by atoms with Gasteiger partial charge in [-0.05, 0) is 27.7 Å². The Balaban J connectivity index is 4.07. The summed E-state index contributed by atoms with van der Waals surface area (Å²) in [5, 5.41) is 0. The van der Waals surface area contributed by atoms with E-state index in [0.29, 0.717) is 24.4 Å². The fraction of sp³-hybridized carbons (Fsp3) is 0.684. The lowest BCUT2D eigenvalue weighted by molar-refractivity contribution is -0.145. The molecule has 0 aliphatic rings. The first kappa shape index (κ1) is 23.3. The van der Waals surface area contributed by atoms with Crippen LogP contribution < -0.4 is 0 Å². The van der Waals surface area contributed by atoms with Gasteiger partial charge in [0.15, 0.2) is 0 Å². The standard InChI is InChI=1S/C19H32O6/c1-13(2)17(20)22-9-15(5)24-11-19(7,8)12-25-16(6)10-23-18(21)14(3)4/h15-16H,1,3,9-12H2,2,4-8H3. The summed E-state index contributed by atoms with van der Waals surface area (Å²) in [5.41, 5.74) is 0.490. The SMILES string of the molecule is C=C(C)C(=O)OCC(C)OCC(C)(C)COC(C)COC(=O)C(=C)C. The first-order valence-corrected chi connectivity index (χ1v) is 8.33. The molecular formula is C19H32O6. The van der Waals surface area contributed by atoms with Gasteiger partial charge in [0.25, 0.3) is 0 Å². The van der Waals surface area contributed by atoms with Crippen molar-refractivity contribution in [2.45, 2.75) is 53.8 Å². The van der Waals surface area contributed by atoms with Crippen molar-refractivity contribution in [3.63, 3.8) is 0 Å². The van der Waals surface area contributed by atoms with Crippen LogP contribution in [-0.2, 0) is 28.5 Å². The van der Waals surface area contributed by atoms with Crippen molar-refractivity contribution < 1.29 is 28.5 Å². The third kappa shape index (κ3) is 11.5. The molecule has 0 aromatic carbocycles. The maximum absolute atomic E-state index is 11.3. The van der Waals surface area contributed by atoms with Crippen LogP contribution in [0.25, 0.3) is 0 Å². The molecule has 0 saturated carbocycles. The molecule has 0 saturated heterocycles. The second kappa shape index (κ2) is 11.1. The van der Waals surface area contributed by atoms with Gasteiger partial charge in [-0.25, -0.2) is 9.59 Å². The van der Waals surface area contributed by atoms with Crippen LogP contribution in [0.5, 0.6) is 0 Å². The molecule has 144 valence electrons. The van der Waals surface area contributed by atoms with Gasteiger partial charge in [-0.15, -0.1) is 0 Å². The van der Waals surface area contributed by atoms with E-state index >= 15 is 0 Å². The number of carbonyl (C=O) groups excluding carboxylic acids is 2. The number of rotatable bonds is 12. The summed E-state index contributed by atoms with van der Waals surface area (Å²) in [6, 6.07) is 0. The quantitative estimate of drug-likeness (QED) is 0.395. The molecular weight excluding hydrogens is 324 g/mol. The normalized spacial score (nSPS) is 13.7. The van der Waals surface area contributed by atoms with Crippen LogP contribution in [0.1, 0.15) is 41.5 Å². The van der Waals surface area contributed by atoms with Crippen LogP contribution in [0.15, 0.2) is 24.3 Å². The molecule has 0 heterocycles.